The van der Waals surface area contributed by atoms with Crippen molar-refractivity contribution >= 4 is 20.2 Å². The molecule has 0 aliphatic heterocycles. The standard InChI is InChI=1S/C7H11F9OSi2/c1-3(19-17-18)2-4(8,9)5(10,11)6(12,13)7(14,15)16/h3H,2,19H2,1,18H3. The highest BCUT2D eigenvalue weighted by molar-refractivity contribution is 6.35. The second-order valence-corrected chi connectivity index (χ2v) is 8.15. The first-order chi connectivity index (χ1) is 8.20. The lowest BCUT2D eigenvalue weighted by molar-refractivity contribution is -0.396. The minimum atomic E-state index is -6.80. The molecule has 12 heteroatoms. The van der Waals surface area contributed by atoms with Crippen LogP contribution in [0.4, 0.5) is 39.5 Å². The molecule has 0 rings (SSSR count). The molecule has 0 aromatic carbocycles. The van der Waals surface area contributed by atoms with Crippen LogP contribution in [0.15, 0.2) is 0 Å². The van der Waals surface area contributed by atoms with Crippen molar-refractivity contribution in [3.63, 3.8) is 0 Å². The van der Waals surface area contributed by atoms with Gasteiger partial charge in [0.1, 0.15) is 20.2 Å². The van der Waals surface area contributed by atoms with E-state index >= 15 is 0 Å². The minimum absolute atomic E-state index is 0.152. The number of halogens is 9. The highest BCUT2D eigenvalue weighted by atomic mass is 28.3. The van der Waals surface area contributed by atoms with Crippen molar-refractivity contribution in [3.8, 4) is 0 Å². The van der Waals surface area contributed by atoms with E-state index < -0.39 is 45.7 Å². The van der Waals surface area contributed by atoms with Gasteiger partial charge in [0, 0.05) is 6.42 Å². The normalized spacial score (nSPS) is 17.4. The third-order valence-electron chi connectivity index (χ3n) is 2.27. The Kier molecular flexibility index (Phi) is 5.57. The predicted octanol–water partition coefficient (Wildman–Crippen LogP) is 2.03. The maximum absolute atomic E-state index is 13.0. The van der Waals surface area contributed by atoms with Gasteiger partial charge in [0.15, 0.2) is 0 Å². The van der Waals surface area contributed by atoms with Gasteiger partial charge in [-0.15, -0.1) is 0 Å². The van der Waals surface area contributed by atoms with Crippen LogP contribution >= 0.6 is 0 Å². The molecule has 0 aromatic rings. The summed E-state index contributed by atoms with van der Waals surface area (Å²) in [5.41, 5.74) is -1.15. The Bertz CT molecular complexity index is 303. The van der Waals surface area contributed by atoms with Gasteiger partial charge in [0.05, 0.1) is 0 Å². The fraction of sp³-hybridized carbons (Fsp3) is 1.00. The first-order valence-electron chi connectivity index (χ1n) is 4.90. The van der Waals surface area contributed by atoms with Crippen molar-refractivity contribution in [1.82, 2.24) is 0 Å². The largest absolute Gasteiger partial charge is 0.468 e. The van der Waals surface area contributed by atoms with Gasteiger partial charge in [-0.2, -0.15) is 39.5 Å². The average Bonchev–Trinajstić information content (AvgIpc) is 2.14. The Balaban J connectivity index is 5.27. The lowest BCUT2D eigenvalue weighted by Gasteiger charge is -2.34. The fourth-order valence-electron chi connectivity index (χ4n) is 1.32. The Morgan fingerprint density at radius 2 is 1.37 bits per heavy atom. The molecule has 1 nitrogen and oxygen atoms in total. The highest BCUT2D eigenvalue weighted by Crippen LogP contribution is 2.54. The SMILES string of the molecule is CC(CC(F)(F)C(F)(F)C(F)(F)C(F)(F)F)[SiH2]O[SiH3]. The highest BCUT2D eigenvalue weighted by Gasteiger charge is 2.81. The molecule has 0 saturated heterocycles. The maximum atomic E-state index is 13.0. The lowest BCUT2D eigenvalue weighted by Crippen LogP contribution is -2.61. The van der Waals surface area contributed by atoms with E-state index in [1.54, 1.807) is 0 Å². The second kappa shape index (κ2) is 5.64. The molecule has 0 bridgehead atoms. The third kappa shape index (κ3) is 3.65. The van der Waals surface area contributed by atoms with Gasteiger partial charge < -0.3 is 4.12 Å². The molecule has 0 N–H and O–H groups in total. The van der Waals surface area contributed by atoms with Crippen LogP contribution in [0.5, 0.6) is 0 Å². The number of hydrogen-bond donors (Lipinski definition) is 0. The molecule has 19 heavy (non-hydrogen) atoms. The zero-order valence-electron chi connectivity index (χ0n) is 9.80. The van der Waals surface area contributed by atoms with Gasteiger partial charge >= 0.3 is 23.9 Å². The molecule has 0 fully saturated rings. The molecule has 0 amide bonds. The number of rotatable bonds is 6. The first-order valence-corrected chi connectivity index (χ1v) is 7.11. The average molecular weight is 338 g/mol. The van der Waals surface area contributed by atoms with E-state index in [9.17, 15) is 39.5 Å². The van der Waals surface area contributed by atoms with Crippen molar-refractivity contribution in [1.29, 1.82) is 0 Å². The van der Waals surface area contributed by atoms with E-state index in [0.717, 1.165) is 6.92 Å². The molecule has 0 heterocycles. The van der Waals surface area contributed by atoms with Crippen LogP contribution in [0.25, 0.3) is 0 Å². The monoisotopic (exact) mass is 338 g/mol. The molecule has 0 aliphatic carbocycles. The third-order valence-corrected chi connectivity index (χ3v) is 4.46. The van der Waals surface area contributed by atoms with Crippen LogP contribution in [0.1, 0.15) is 13.3 Å². The van der Waals surface area contributed by atoms with Crippen LogP contribution in [0.2, 0.25) is 5.54 Å². The molecule has 0 aliphatic rings. The van der Waals surface area contributed by atoms with E-state index in [0.29, 0.717) is 0 Å². The van der Waals surface area contributed by atoms with E-state index in [1.807, 2.05) is 0 Å². The first kappa shape index (κ1) is 18.8. The summed E-state index contributed by atoms with van der Waals surface area (Å²) in [4.78, 5) is 0. The number of alkyl halides is 9. The molecule has 116 valence electrons. The van der Waals surface area contributed by atoms with Gasteiger partial charge in [0.25, 0.3) is 0 Å². The van der Waals surface area contributed by atoms with Crippen LogP contribution in [0, 0.1) is 0 Å². The molecular formula is C7H11F9OSi2. The van der Waals surface area contributed by atoms with Crippen LogP contribution in [0.3, 0.4) is 0 Å². The predicted molar refractivity (Wildman–Crippen MR) is 54.5 cm³/mol. The summed E-state index contributed by atoms with van der Waals surface area (Å²) in [7, 11) is -1.49. The van der Waals surface area contributed by atoms with Crippen molar-refractivity contribution < 1.29 is 43.6 Å². The van der Waals surface area contributed by atoms with Gasteiger partial charge in [-0.05, 0) is 5.54 Å². The van der Waals surface area contributed by atoms with E-state index in [-0.39, 0.29) is 10.5 Å². The second-order valence-electron chi connectivity index (χ2n) is 4.12. The summed E-state index contributed by atoms with van der Waals surface area (Å²) in [6, 6.07) is 0. The molecule has 1 unspecified atom stereocenters. The summed E-state index contributed by atoms with van der Waals surface area (Å²) >= 11 is 0. The topological polar surface area (TPSA) is 9.23 Å². The molecule has 0 aromatic heterocycles. The molecular weight excluding hydrogens is 327 g/mol. The molecule has 0 spiro atoms. The Morgan fingerprint density at radius 1 is 0.947 bits per heavy atom. The number of hydrogen-bond acceptors (Lipinski definition) is 1. The van der Waals surface area contributed by atoms with Crippen molar-refractivity contribution in [2.45, 2.75) is 42.8 Å². The smallest absolute Gasteiger partial charge is 0.460 e. The lowest BCUT2D eigenvalue weighted by atomic mass is 10.00. The van der Waals surface area contributed by atoms with Gasteiger partial charge in [-0.1, -0.05) is 6.92 Å². The van der Waals surface area contributed by atoms with E-state index in [4.69, 9.17) is 0 Å². The van der Waals surface area contributed by atoms with Gasteiger partial charge in [-0.25, -0.2) is 0 Å². The molecule has 1 atom stereocenters. The van der Waals surface area contributed by atoms with Gasteiger partial charge in [0.2, 0.25) is 0 Å². The van der Waals surface area contributed by atoms with Gasteiger partial charge in [-0.3, -0.25) is 0 Å². The van der Waals surface area contributed by atoms with Crippen molar-refractivity contribution in [2.75, 3.05) is 0 Å². The fourth-order valence-corrected chi connectivity index (χ4v) is 4.07. The van der Waals surface area contributed by atoms with Crippen LogP contribution in [-0.4, -0.2) is 44.2 Å². The summed E-state index contributed by atoms with van der Waals surface area (Å²) in [6.45, 7) is 1.04. The van der Waals surface area contributed by atoms with E-state index in [2.05, 4.69) is 4.12 Å². The molecule has 0 radical (unpaired) electrons. The maximum Gasteiger partial charge on any atom is 0.460 e. The van der Waals surface area contributed by atoms with Crippen LogP contribution in [-0.2, 0) is 4.12 Å². The summed E-state index contributed by atoms with van der Waals surface area (Å²) in [6.07, 6.45) is -8.53. The summed E-state index contributed by atoms with van der Waals surface area (Å²) in [5, 5.41) is 0. The zero-order valence-corrected chi connectivity index (χ0v) is 13.2. The summed E-state index contributed by atoms with van der Waals surface area (Å²) < 4.78 is 117. The Morgan fingerprint density at radius 3 is 1.68 bits per heavy atom. The quantitative estimate of drug-likeness (QED) is 0.532. The van der Waals surface area contributed by atoms with Crippen molar-refractivity contribution in [3.05, 3.63) is 0 Å². The van der Waals surface area contributed by atoms with E-state index in [1.165, 1.54) is 0 Å². The minimum Gasteiger partial charge on any atom is -0.468 e. The van der Waals surface area contributed by atoms with Crippen molar-refractivity contribution in [2.24, 2.45) is 0 Å². The van der Waals surface area contributed by atoms with Crippen LogP contribution < -0.4 is 0 Å². The zero-order chi connectivity index (χ0) is 15.7. The summed E-state index contributed by atoms with van der Waals surface area (Å²) in [5.74, 6) is -18.8. The Hall–Kier alpha value is -0.236. The molecule has 0 saturated carbocycles. The Labute approximate surface area is 108 Å².